The quantitative estimate of drug-likeness (QED) is 0.394. The Bertz CT molecular complexity index is 1510. The molecule has 0 spiro atoms. The van der Waals surface area contributed by atoms with Gasteiger partial charge in [0.1, 0.15) is 11.5 Å². The van der Waals surface area contributed by atoms with Crippen molar-refractivity contribution in [2.24, 2.45) is 0 Å². The van der Waals surface area contributed by atoms with E-state index in [1.807, 2.05) is 4.90 Å². The number of fused-ring (bicyclic) bond motifs is 1. The summed E-state index contributed by atoms with van der Waals surface area (Å²) >= 11 is 0. The van der Waals surface area contributed by atoms with Crippen LogP contribution in [0.25, 0.3) is 17.2 Å². The minimum absolute atomic E-state index is 0.0273. The Kier molecular flexibility index (Phi) is 5.90. The van der Waals surface area contributed by atoms with Crippen molar-refractivity contribution in [2.75, 3.05) is 32.1 Å². The highest BCUT2D eigenvalue weighted by atomic mass is 32.2. The van der Waals surface area contributed by atoms with Gasteiger partial charge in [-0.05, 0) is 24.5 Å². The highest BCUT2D eigenvalue weighted by molar-refractivity contribution is 7.87. The van der Waals surface area contributed by atoms with Gasteiger partial charge >= 0.3 is 16.4 Å². The van der Waals surface area contributed by atoms with Crippen LogP contribution < -0.4 is 4.90 Å². The molecule has 1 atom stereocenters. The molecule has 1 aliphatic rings. The zero-order chi connectivity index (χ0) is 25.7. The molecular weight excluding hydrogens is 499 g/mol. The van der Waals surface area contributed by atoms with Crippen molar-refractivity contribution in [3.63, 3.8) is 0 Å². The molecule has 15 heteroatoms. The zero-order valence-electron chi connectivity index (χ0n) is 19.3. The number of hydrogen-bond donors (Lipinski definition) is 0. The van der Waals surface area contributed by atoms with Gasteiger partial charge in [0.25, 0.3) is 0 Å². The van der Waals surface area contributed by atoms with E-state index in [4.69, 9.17) is 0 Å². The number of imidazole rings is 1. The van der Waals surface area contributed by atoms with Gasteiger partial charge in [0.2, 0.25) is 0 Å². The van der Waals surface area contributed by atoms with Crippen molar-refractivity contribution in [2.45, 2.75) is 24.9 Å². The Morgan fingerprint density at radius 3 is 2.64 bits per heavy atom. The molecule has 1 saturated heterocycles. The molecule has 36 heavy (non-hydrogen) atoms. The Hall–Kier alpha value is -3.59. The average molecular weight is 522 g/mol. The summed E-state index contributed by atoms with van der Waals surface area (Å²) in [6.07, 6.45) is 5.08. The van der Waals surface area contributed by atoms with Gasteiger partial charge in [-0.3, -0.25) is 4.40 Å². The second-order valence-corrected chi connectivity index (χ2v) is 10.6. The minimum atomic E-state index is -4.60. The molecule has 0 aliphatic carbocycles. The maximum atomic E-state index is 13.2. The van der Waals surface area contributed by atoms with E-state index in [0.29, 0.717) is 24.6 Å². The van der Waals surface area contributed by atoms with E-state index in [1.165, 1.54) is 30.9 Å². The van der Waals surface area contributed by atoms with E-state index in [9.17, 15) is 21.6 Å². The number of anilines is 1. The minimum Gasteiger partial charge on any atom is -0.356 e. The van der Waals surface area contributed by atoms with E-state index in [0.717, 1.165) is 39.2 Å². The van der Waals surface area contributed by atoms with Gasteiger partial charge < -0.3 is 4.90 Å². The summed E-state index contributed by atoms with van der Waals surface area (Å²) in [5.74, 6) is 0.865. The molecule has 4 aromatic heterocycles. The molecule has 5 heterocycles. The van der Waals surface area contributed by atoms with Crippen LogP contribution in [0.4, 0.5) is 19.0 Å². The second-order valence-electron chi connectivity index (χ2n) is 8.60. The molecule has 0 N–H and O–H groups in total. The SMILES string of the molecule is CN(C)S(=O)(=O)n1cc(C2CCCN(c3ccnc(-c4cnc5cnc(C(F)(F)F)cn45)n3)C2)cn1. The molecule has 0 aromatic carbocycles. The fraction of sp³-hybridized carbons (Fsp3) is 0.381. The largest absolute Gasteiger partial charge is 0.434 e. The predicted octanol–water partition coefficient (Wildman–Crippen LogP) is 2.44. The Labute approximate surface area is 204 Å². The lowest BCUT2D eigenvalue weighted by Crippen LogP contribution is -2.35. The van der Waals surface area contributed by atoms with Crippen molar-refractivity contribution >= 4 is 21.7 Å². The normalized spacial score (nSPS) is 17.3. The van der Waals surface area contributed by atoms with Gasteiger partial charge in [0.05, 0.1) is 18.6 Å². The summed E-state index contributed by atoms with van der Waals surface area (Å²) in [4.78, 5) is 18.5. The Balaban J connectivity index is 1.42. The van der Waals surface area contributed by atoms with Gasteiger partial charge in [-0.2, -0.15) is 35.1 Å². The topological polar surface area (TPSA) is 114 Å². The third kappa shape index (κ3) is 4.39. The van der Waals surface area contributed by atoms with Gasteiger partial charge in [-0.1, -0.05) is 0 Å². The van der Waals surface area contributed by atoms with Gasteiger partial charge in [-0.25, -0.2) is 19.9 Å². The first-order chi connectivity index (χ1) is 17.0. The van der Waals surface area contributed by atoms with E-state index >= 15 is 0 Å². The van der Waals surface area contributed by atoms with Gasteiger partial charge in [0.15, 0.2) is 17.2 Å². The lowest BCUT2D eigenvalue weighted by atomic mass is 9.93. The van der Waals surface area contributed by atoms with Crippen LogP contribution in [0, 0.1) is 0 Å². The first-order valence-corrected chi connectivity index (χ1v) is 12.4. The number of nitrogens with zero attached hydrogens (tertiary/aromatic N) is 9. The van der Waals surface area contributed by atoms with Crippen LogP contribution in [0.15, 0.2) is 43.2 Å². The molecule has 1 aliphatic heterocycles. The summed E-state index contributed by atoms with van der Waals surface area (Å²) in [6, 6.07) is 1.73. The summed E-state index contributed by atoms with van der Waals surface area (Å²) in [6.45, 7) is 1.28. The van der Waals surface area contributed by atoms with Crippen LogP contribution >= 0.6 is 0 Å². The maximum absolute atomic E-state index is 13.2. The van der Waals surface area contributed by atoms with Crippen LogP contribution in [0.2, 0.25) is 0 Å². The van der Waals surface area contributed by atoms with Crippen molar-refractivity contribution in [1.29, 1.82) is 0 Å². The lowest BCUT2D eigenvalue weighted by Gasteiger charge is -2.33. The number of piperidine rings is 1. The third-order valence-corrected chi connectivity index (χ3v) is 7.65. The van der Waals surface area contributed by atoms with E-state index in [2.05, 4.69) is 25.0 Å². The molecule has 190 valence electrons. The first kappa shape index (κ1) is 24.1. The molecule has 5 rings (SSSR count). The van der Waals surface area contributed by atoms with E-state index < -0.39 is 22.1 Å². The number of aromatic nitrogens is 7. The highest BCUT2D eigenvalue weighted by Crippen LogP contribution is 2.31. The van der Waals surface area contributed by atoms with Crippen molar-refractivity contribution < 1.29 is 21.6 Å². The van der Waals surface area contributed by atoms with Crippen LogP contribution in [0.5, 0.6) is 0 Å². The number of hydrogen-bond acceptors (Lipinski definition) is 8. The molecule has 1 unspecified atom stereocenters. The zero-order valence-corrected chi connectivity index (χ0v) is 20.1. The van der Waals surface area contributed by atoms with Gasteiger partial charge in [0, 0.05) is 51.7 Å². The third-order valence-electron chi connectivity index (χ3n) is 6.05. The van der Waals surface area contributed by atoms with E-state index in [1.54, 1.807) is 18.5 Å². The van der Waals surface area contributed by atoms with Crippen molar-refractivity contribution in [1.82, 2.24) is 37.8 Å². The maximum Gasteiger partial charge on any atom is 0.434 e. The number of rotatable bonds is 5. The molecular formula is C21H22F3N9O2S. The molecule has 0 radical (unpaired) electrons. The van der Waals surface area contributed by atoms with Crippen LogP contribution in [0.3, 0.4) is 0 Å². The van der Waals surface area contributed by atoms with Crippen LogP contribution in [-0.4, -0.2) is 73.4 Å². The summed E-state index contributed by atoms with van der Waals surface area (Å²) in [7, 11) is -0.819. The van der Waals surface area contributed by atoms with E-state index in [-0.39, 0.29) is 17.4 Å². The number of alkyl halides is 3. The molecule has 0 amide bonds. The highest BCUT2D eigenvalue weighted by Gasteiger charge is 2.33. The fourth-order valence-corrected chi connectivity index (χ4v) is 4.88. The molecule has 0 saturated carbocycles. The smallest absolute Gasteiger partial charge is 0.356 e. The number of halogens is 3. The predicted molar refractivity (Wildman–Crippen MR) is 123 cm³/mol. The summed E-state index contributed by atoms with van der Waals surface area (Å²) in [5, 5.41) is 4.03. The van der Waals surface area contributed by atoms with Crippen molar-refractivity contribution in [3.05, 3.63) is 54.5 Å². The van der Waals surface area contributed by atoms with Gasteiger partial charge in [-0.15, -0.1) is 0 Å². The monoisotopic (exact) mass is 521 g/mol. The first-order valence-electron chi connectivity index (χ1n) is 11.0. The Morgan fingerprint density at radius 2 is 1.89 bits per heavy atom. The average Bonchev–Trinajstić information content (AvgIpc) is 3.51. The summed E-state index contributed by atoms with van der Waals surface area (Å²) in [5.41, 5.74) is 0.313. The molecule has 0 bridgehead atoms. The lowest BCUT2D eigenvalue weighted by molar-refractivity contribution is -0.141. The summed E-state index contributed by atoms with van der Waals surface area (Å²) < 4.78 is 67.5. The van der Waals surface area contributed by atoms with Crippen LogP contribution in [0.1, 0.15) is 30.0 Å². The molecule has 11 nitrogen and oxygen atoms in total. The standard InChI is InChI=1S/C21H22F3N9O2S/c1-30(2)36(34,35)33-12-15(8-28-33)14-4-3-7-31(11-14)18-5-6-25-20(29-18)16-9-27-19-10-26-17(13-32(16)19)21(22,23)24/h5-6,8-10,12-14H,3-4,7,11H2,1-2H3. The molecule has 4 aromatic rings. The Morgan fingerprint density at radius 1 is 1.08 bits per heavy atom. The van der Waals surface area contributed by atoms with Crippen molar-refractivity contribution in [3.8, 4) is 11.5 Å². The van der Waals surface area contributed by atoms with Crippen LogP contribution in [-0.2, 0) is 16.4 Å². The fourth-order valence-electron chi connectivity index (χ4n) is 4.13. The second kappa shape index (κ2) is 8.81. The molecule has 1 fully saturated rings.